The number of nitrogens with one attached hydrogen (secondary N) is 2. The summed E-state index contributed by atoms with van der Waals surface area (Å²) in [6, 6.07) is 7.71. The molecule has 1 aliphatic heterocycles. The van der Waals surface area contributed by atoms with Gasteiger partial charge in [-0.05, 0) is 43.9 Å². The van der Waals surface area contributed by atoms with Gasteiger partial charge in [0.15, 0.2) is 5.96 Å². The summed E-state index contributed by atoms with van der Waals surface area (Å²) >= 11 is 0. The number of aliphatic imine (C=N–C) groups is 1. The van der Waals surface area contributed by atoms with E-state index in [4.69, 9.17) is 6.42 Å². The summed E-state index contributed by atoms with van der Waals surface area (Å²) in [5, 5.41) is 6.20. The van der Waals surface area contributed by atoms with Gasteiger partial charge in [-0.15, -0.1) is 30.4 Å². The average Bonchev–Trinajstić information content (AvgIpc) is 2.64. The minimum absolute atomic E-state index is 0. The number of carbonyl (C=O) groups is 1. The molecular weight excluding hydrogens is 427 g/mol. The molecule has 5 nitrogen and oxygen atoms in total. The summed E-state index contributed by atoms with van der Waals surface area (Å²) in [7, 11) is 0. The Hall–Kier alpha value is -1.75. The molecule has 0 bridgehead atoms. The van der Waals surface area contributed by atoms with Crippen molar-refractivity contribution in [3.05, 3.63) is 35.4 Å². The molecule has 0 aromatic heterocycles. The summed E-state index contributed by atoms with van der Waals surface area (Å²) in [5.41, 5.74) is 1.81. The van der Waals surface area contributed by atoms with Crippen molar-refractivity contribution < 1.29 is 4.79 Å². The lowest BCUT2D eigenvalue weighted by molar-refractivity contribution is 0.0724. The van der Waals surface area contributed by atoms with E-state index in [-0.39, 0.29) is 29.9 Å². The zero-order valence-electron chi connectivity index (χ0n) is 14.8. The van der Waals surface area contributed by atoms with Gasteiger partial charge in [-0.25, -0.2) is 4.99 Å². The van der Waals surface area contributed by atoms with Crippen LogP contribution in [0.15, 0.2) is 29.3 Å². The number of hydrogen-bond acceptors (Lipinski definition) is 2. The van der Waals surface area contributed by atoms with Crippen LogP contribution < -0.4 is 10.6 Å². The third kappa shape index (κ3) is 6.94. The Morgan fingerprint density at radius 3 is 2.48 bits per heavy atom. The molecule has 1 fully saturated rings. The second kappa shape index (κ2) is 11.7. The topological polar surface area (TPSA) is 56.7 Å². The van der Waals surface area contributed by atoms with Gasteiger partial charge in [0.25, 0.3) is 5.91 Å². The SMILES string of the molecule is C#CCNC(=NCc1ccc(C(=O)N2CCCCC2)cc1)NCC.I. The zero-order chi connectivity index (χ0) is 17.2. The molecule has 0 unspecified atom stereocenters. The van der Waals surface area contributed by atoms with E-state index >= 15 is 0 Å². The Bertz CT molecular complexity index is 601. The molecule has 0 spiro atoms. The lowest BCUT2D eigenvalue weighted by Crippen LogP contribution is -2.37. The Balaban J connectivity index is 0.00000312. The van der Waals surface area contributed by atoms with E-state index in [0.29, 0.717) is 19.0 Å². The summed E-state index contributed by atoms with van der Waals surface area (Å²) < 4.78 is 0. The molecule has 0 atom stereocenters. The smallest absolute Gasteiger partial charge is 0.253 e. The van der Waals surface area contributed by atoms with Crippen LogP contribution in [0, 0.1) is 12.3 Å². The van der Waals surface area contributed by atoms with Gasteiger partial charge in [-0.2, -0.15) is 0 Å². The highest BCUT2D eigenvalue weighted by Crippen LogP contribution is 2.14. The predicted molar refractivity (Wildman–Crippen MR) is 113 cm³/mol. The molecule has 1 saturated heterocycles. The number of halogens is 1. The van der Waals surface area contributed by atoms with Crippen molar-refractivity contribution in [1.29, 1.82) is 0 Å². The molecule has 25 heavy (non-hydrogen) atoms. The fraction of sp³-hybridized carbons (Fsp3) is 0.474. The molecule has 1 amide bonds. The maximum atomic E-state index is 12.4. The van der Waals surface area contributed by atoms with E-state index < -0.39 is 0 Å². The fourth-order valence-electron chi connectivity index (χ4n) is 2.68. The molecule has 2 rings (SSSR count). The molecule has 1 aromatic rings. The van der Waals surface area contributed by atoms with E-state index in [0.717, 1.165) is 43.6 Å². The summed E-state index contributed by atoms with van der Waals surface area (Å²) in [6.45, 7) is 5.51. The summed E-state index contributed by atoms with van der Waals surface area (Å²) in [6.07, 6.45) is 8.70. The standard InChI is InChI=1S/C19H26N4O.HI/c1-3-12-21-19(20-4-2)22-15-16-8-10-17(11-9-16)18(24)23-13-6-5-7-14-23;/h1,8-11H,4-7,12-15H2,2H3,(H2,20,21,22);1H. The summed E-state index contributed by atoms with van der Waals surface area (Å²) in [4.78, 5) is 18.9. The first-order chi connectivity index (χ1) is 11.7. The number of nitrogens with zero attached hydrogens (tertiary/aromatic N) is 2. The van der Waals surface area contributed by atoms with Gasteiger partial charge in [0.1, 0.15) is 0 Å². The number of piperidine rings is 1. The van der Waals surface area contributed by atoms with Crippen LogP contribution in [0.1, 0.15) is 42.1 Å². The molecule has 2 N–H and O–H groups in total. The average molecular weight is 454 g/mol. The van der Waals surface area contributed by atoms with E-state index in [2.05, 4.69) is 21.5 Å². The van der Waals surface area contributed by atoms with Crippen molar-refractivity contribution in [2.45, 2.75) is 32.7 Å². The molecular formula is C19H27IN4O. The van der Waals surface area contributed by atoms with E-state index in [1.807, 2.05) is 36.1 Å². The minimum atomic E-state index is 0. The van der Waals surface area contributed by atoms with Gasteiger partial charge in [-0.3, -0.25) is 4.79 Å². The maximum Gasteiger partial charge on any atom is 0.253 e. The van der Waals surface area contributed by atoms with Crippen molar-refractivity contribution in [3.63, 3.8) is 0 Å². The van der Waals surface area contributed by atoms with E-state index in [1.165, 1.54) is 6.42 Å². The fourth-order valence-corrected chi connectivity index (χ4v) is 2.68. The lowest BCUT2D eigenvalue weighted by Gasteiger charge is -2.26. The zero-order valence-corrected chi connectivity index (χ0v) is 17.1. The van der Waals surface area contributed by atoms with Crippen LogP contribution in [0.5, 0.6) is 0 Å². The van der Waals surface area contributed by atoms with Crippen LogP contribution in [0.4, 0.5) is 0 Å². The van der Waals surface area contributed by atoms with Gasteiger partial charge < -0.3 is 15.5 Å². The van der Waals surface area contributed by atoms with Gasteiger partial charge in [0, 0.05) is 25.2 Å². The number of hydrogen-bond donors (Lipinski definition) is 2. The highest BCUT2D eigenvalue weighted by atomic mass is 127. The van der Waals surface area contributed by atoms with Crippen LogP contribution in [-0.2, 0) is 6.54 Å². The van der Waals surface area contributed by atoms with Crippen LogP contribution >= 0.6 is 24.0 Å². The number of amides is 1. The van der Waals surface area contributed by atoms with Crippen LogP contribution in [-0.4, -0.2) is 42.9 Å². The van der Waals surface area contributed by atoms with E-state index in [9.17, 15) is 4.79 Å². The van der Waals surface area contributed by atoms with Crippen molar-refractivity contribution >= 4 is 35.8 Å². The van der Waals surface area contributed by atoms with Gasteiger partial charge in [0.2, 0.25) is 0 Å². The number of terminal acetylenes is 1. The van der Waals surface area contributed by atoms with Crippen LogP contribution in [0.25, 0.3) is 0 Å². The lowest BCUT2D eigenvalue weighted by atomic mass is 10.1. The maximum absolute atomic E-state index is 12.4. The molecule has 0 saturated carbocycles. The first-order valence-corrected chi connectivity index (χ1v) is 8.58. The van der Waals surface area contributed by atoms with Gasteiger partial charge in [0.05, 0.1) is 13.1 Å². The molecule has 0 radical (unpaired) electrons. The predicted octanol–water partition coefficient (Wildman–Crippen LogP) is 2.62. The Kier molecular flexibility index (Phi) is 10.0. The molecule has 1 heterocycles. The summed E-state index contributed by atoms with van der Waals surface area (Å²) in [5.74, 6) is 3.36. The second-order valence-corrected chi connectivity index (χ2v) is 5.80. The first kappa shape index (κ1) is 21.3. The monoisotopic (exact) mass is 454 g/mol. The first-order valence-electron chi connectivity index (χ1n) is 8.58. The molecule has 0 aliphatic carbocycles. The minimum Gasteiger partial charge on any atom is -0.357 e. The largest absolute Gasteiger partial charge is 0.357 e. The van der Waals surface area contributed by atoms with Crippen molar-refractivity contribution in [2.24, 2.45) is 4.99 Å². The number of guanidine groups is 1. The number of carbonyl (C=O) groups excluding carboxylic acids is 1. The Morgan fingerprint density at radius 2 is 1.88 bits per heavy atom. The number of rotatable bonds is 5. The second-order valence-electron chi connectivity index (χ2n) is 5.80. The third-order valence-corrected chi connectivity index (χ3v) is 3.97. The van der Waals surface area contributed by atoms with Gasteiger partial charge >= 0.3 is 0 Å². The van der Waals surface area contributed by atoms with Crippen LogP contribution in [0.2, 0.25) is 0 Å². The van der Waals surface area contributed by atoms with Crippen molar-refractivity contribution in [1.82, 2.24) is 15.5 Å². The van der Waals surface area contributed by atoms with Crippen molar-refractivity contribution in [2.75, 3.05) is 26.2 Å². The molecule has 6 heteroatoms. The highest BCUT2D eigenvalue weighted by Gasteiger charge is 2.17. The highest BCUT2D eigenvalue weighted by molar-refractivity contribution is 14.0. The Labute approximate surface area is 167 Å². The number of likely N-dealkylation sites (tertiary alicyclic amines) is 1. The normalized spacial score (nSPS) is 14.2. The van der Waals surface area contributed by atoms with Gasteiger partial charge in [-0.1, -0.05) is 18.1 Å². The number of benzene rings is 1. The third-order valence-electron chi connectivity index (χ3n) is 3.97. The quantitative estimate of drug-likeness (QED) is 0.311. The Morgan fingerprint density at radius 1 is 1.20 bits per heavy atom. The van der Waals surface area contributed by atoms with Crippen molar-refractivity contribution in [3.8, 4) is 12.3 Å². The van der Waals surface area contributed by atoms with E-state index in [1.54, 1.807) is 0 Å². The molecule has 1 aliphatic rings. The van der Waals surface area contributed by atoms with Crippen LogP contribution in [0.3, 0.4) is 0 Å². The molecule has 1 aromatic carbocycles. The molecule has 136 valence electrons.